The van der Waals surface area contributed by atoms with Crippen LogP contribution in [0.2, 0.25) is 5.02 Å². The Morgan fingerprint density at radius 2 is 2.00 bits per heavy atom. The van der Waals surface area contributed by atoms with Gasteiger partial charge in [-0.25, -0.2) is 4.79 Å². The van der Waals surface area contributed by atoms with Crippen LogP contribution in [0.15, 0.2) is 18.2 Å². The van der Waals surface area contributed by atoms with Crippen molar-refractivity contribution < 1.29 is 9.90 Å². The van der Waals surface area contributed by atoms with E-state index >= 15 is 0 Å². The van der Waals surface area contributed by atoms with Gasteiger partial charge in [-0.3, -0.25) is 4.98 Å². The Labute approximate surface area is 97.7 Å². The molecule has 2 aromatic rings. The molecule has 0 atom stereocenters. The molecule has 0 unspecified atom stereocenters. The summed E-state index contributed by atoms with van der Waals surface area (Å²) in [7, 11) is 0. The smallest absolute Gasteiger partial charge is 0.337 e. The molecule has 1 heterocycles. The van der Waals surface area contributed by atoms with Gasteiger partial charge in [0, 0.05) is 11.1 Å². The Morgan fingerprint density at radius 1 is 1.31 bits per heavy atom. The average Bonchev–Trinajstić information content (AvgIpc) is 2.18. The van der Waals surface area contributed by atoms with Crippen LogP contribution in [0.1, 0.15) is 21.6 Å². The zero-order valence-electron chi connectivity index (χ0n) is 8.91. The Hall–Kier alpha value is -1.61. The number of carboxylic acid groups (broad SMARTS) is 1. The molecule has 0 aliphatic rings. The number of halogens is 1. The summed E-state index contributed by atoms with van der Waals surface area (Å²) in [6.45, 7) is 3.62. The number of nitrogens with zero attached hydrogens (tertiary/aromatic N) is 1. The second kappa shape index (κ2) is 3.76. The number of fused-ring (bicyclic) bond motifs is 1. The Kier molecular flexibility index (Phi) is 2.56. The fourth-order valence-corrected chi connectivity index (χ4v) is 2.02. The fourth-order valence-electron chi connectivity index (χ4n) is 1.71. The molecule has 0 saturated heterocycles. The van der Waals surface area contributed by atoms with E-state index in [4.69, 9.17) is 16.7 Å². The number of aromatic nitrogens is 1. The van der Waals surface area contributed by atoms with Crippen LogP contribution >= 0.6 is 11.6 Å². The predicted octanol–water partition coefficient (Wildman–Crippen LogP) is 3.20. The minimum absolute atomic E-state index is 0.195. The highest BCUT2D eigenvalue weighted by Gasteiger charge is 2.13. The zero-order valence-corrected chi connectivity index (χ0v) is 9.67. The summed E-state index contributed by atoms with van der Waals surface area (Å²) in [5, 5.41) is 10.3. The molecule has 82 valence electrons. The van der Waals surface area contributed by atoms with Gasteiger partial charge < -0.3 is 5.11 Å². The monoisotopic (exact) mass is 235 g/mol. The summed E-state index contributed by atoms with van der Waals surface area (Å²) in [6.07, 6.45) is 0. The van der Waals surface area contributed by atoms with E-state index in [1.165, 1.54) is 0 Å². The minimum atomic E-state index is -0.983. The highest BCUT2D eigenvalue weighted by Crippen LogP contribution is 2.27. The van der Waals surface area contributed by atoms with Gasteiger partial charge in [0.05, 0.1) is 16.1 Å². The van der Waals surface area contributed by atoms with E-state index in [0.29, 0.717) is 21.6 Å². The van der Waals surface area contributed by atoms with E-state index in [9.17, 15) is 4.79 Å². The molecule has 0 spiro atoms. The van der Waals surface area contributed by atoms with Crippen LogP contribution in [0.3, 0.4) is 0 Å². The highest BCUT2D eigenvalue weighted by molar-refractivity contribution is 6.35. The number of benzene rings is 1. The van der Waals surface area contributed by atoms with Gasteiger partial charge in [0.2, 0.25) is 0 Å². The summed E-state index contributed by atoms with van der Waals surface area (Å²) < 4.78 is 0. The molecule has 3 nitrogen and oxygen atoms in total. The molecule has 0 radical (unpaired) electrons. The van der Waals surface area contributed by atoms with Crippen LogP contribution in [0.5, 0.6) is 0 Å². The Morgan fingerprint density at radius 3 is 2.62 bits per heavy atom. The van der Waals surface area contributed by atoms with E-state index in [1.807, 2.05) is 13.0 Å². The van der Waals surface area contributed by atoms with Crippen LogP contribution in [0, 0.1) is 13.8 Å². The van der Waals surface area contributed by atoms with Gasteiger partial charge in [0.25, 0.3) is 0 Å². The van der Waals surface area contributed by atoms with Gasteiger partial charge in [-0.15, -0.1) is 0 Å². The second-order valence-electron chi connectivity index (χ2n) is 3.76. The van der Waals surface area contributed by atoms with Gasteiger partial charge in [0.1, 0.15) is 0 Å². The molecular formula is C12H10ClNO2. The number of aromatic carboxylic acids is 1. The van der Waals surface area contributed by atoms with Crippen molar-refractivity contribution in [2.45, 2.75) is 13.8 Å². The van der Waals surface area contributed by atoms with E-state index < -0.39 is 5.97 Å². The lowest BCUT2D eigenvalue weighted by Gasteiger charge is -2.06. The summed E-state index contributed by atoms with van der Waals surface area (Å²) in [6, 6.07) is 5.18. The van der Waals surface area contributed by atoms with E-state index in [1.54, 1.807) is 19.1 Å². The first kappa shape index (κ1) is 10.9. The number of rotatable bonds is 1. The fraction of sp³-hybridized carbons (Fsp3) is 0.167. The van der Waals surface area contributed by atoms with Crippen molar-refractivity contribution in [3.63, 3.8) is 0 Å². The summed E-state index contributed by atoms with van der Waals surface area (Å²) in [5.74, 6) is -0.983. The normalized spacial score (nSPS) is 10.7. The van der Waals surface area contributed by atoms with Crippen molar-refractivity contribution in [1.82, 2.24) is 4.98 Å². The molecule has 0 amide bonds. The zero-order chi connectivity index (χ0) is 11.9. The average molecular weight is 236 g/mol. The lowest BCUT2D eigenvalue weighted by molar-refractivity contribution is 0.0698. The molecule has 0 fully saturated rings. The lowest BCUT2D eigenvalue weighted by Crippen LogP contribution is -2.01. The summed E-state index contributed by atoms with van der Waals surface area (Å²) in [5.41, 5.74) is 2.21. The number of pyridine rings is 1. The van der Waals surface area contributed by atoms with Crippen molar-refractivity contribution in [3.8, 4) is 0 Å². The molecule has 0 bridgehead atoms. The molecule has 0 aliphatic heterocycles. The Bertz CT molecular complexity index is 593. The molecular weight excluding hydrogens is 226 g/mol. The summed E-state index contributed by atoms with van der Waals surface area (Å²) >= 11 is 6.08. The maximum Gasteiger partial charge on any atom is 0.337 e. The van der Waals surface area contributed by atoms with Crippen molar-refractivity contribution >= 4 is 28.5 Å². The predicted molar refractivity (Wildman–Crippen MR) is 63.2 cm³/mol. The largest absolute Gasteiger partial charge is 0.478 e. The molecule has 2 rings (SSSR count). The van der Waals surface area contributed by atoms with Crippen molar-refractivity contribution in [2.24, 2.45) is 0 Å². The maximum atomic E-state index is 11.1. The standard InChI is InChI=1S/C12H10ClNO2/c1-6-3-8-10(13)5-7(2)14-11(8)9(4-6)12(15)16/h3-5H,1-2H3,(H,15,16). The molecule has 16 heavy (non-hydrogen) atoms. The topological polar surface area (TPSA) is 50.2 Å². The minimum Gasteiger partial charge on any atom is -0.478 e. The second-order valence-corrected chi connectivity index (χ2v) is 4.17. The number of hydrogen-bond acceptors (Lipinski definition) is 2. The first-order valence-corrected chi connectivity index (χ1v) is 5.17. The van der Waals surface area contributed by atoms with Gasteiger partial charge in [0.15, 0.2) is 0 Å². The molecule has 1 N–H and O–H groups in total. The number of hydrogen-bond donors (Lipinski definition) is 1. The van der Waals surface area contributed by atoms with Gasteiger partial charge in [-0.1, -0.05) is 11.6 Å². The molecule has 4 heteroatoms. The Balaban J connectivity index is 2.95. The van der Waals surface area contributed by atoms with E-state index in [-0.39, 0.29) is 5.56 Å². The quantitative estimate of drug-likeness (QED) is 0.826. The van der Waals surface area contributed by atoms with Crippen LogP contribution in [-0.2, 0) is 0 Å². The first-order valence-electron chi connectivity index (χ1n) is 4.80. The van der Waals surface area contributed by atoms with Crippen LogP contribution in [-0.4, -0.2) is 16.1 Å². The molecule has 1 aromatic heterocycles. The number of carbonyl (C=O) groups is 1. The van der Waals surface area contributed by atoms with Crippen molar-refractivity contribution in [2.75, 3.05) is 0 Å². The van der Waals surface area contributed by atoms with E-state index in [0.717, 1.165) is 5.56 Å². The third-order valence-electron chi connectivity index (χ3n) is 2.37. The van der Waals surface area contributed by atoms with Gasteiger partial charge >= 0.3 is 5.97 Å². The first-order chi connectivity index (χ1) is 7.49. The molecule has 1 aromatic carbocycles. The third-order valence-corrected chi connectivity index (χ3v) is 2.68. The number of aryl methyl sites for hydroxylation is 2. The van der Waals surface area contributed by atoms with E-state index in [2.05, 4.69) is 4.98 Å². The van der Waals surface area contributed by atoms with Crippen LogP contribution in [0.25, 0.3) is 10.9 Å². The van der Waals surface area contributed by atoms with Crippen molar-refractivity contribution in [1.29, 1.82) is 0 Å². The van der Waals surface area contributed by atoms with Gasteiger partial charge in [-0.2, -0.15) is 0 Å². The molecule has 0 saturated carbocycles. The lowest BCUT2D eigenvalue weighted by atomic mass is 10.1. The highest BCUT2D eigenvalue weighted by atomic mass is 35.5. The SMILES string of the molecule is Cc1cc(C(=O)O)c2nc(C)cc(Cl)c2c1. The maximum absolute atomic E-state index is 11.1. The third kappa shape index (κ3) is 1.74. The van der Waals surface area contributed by atoms with Crippen molar-refractivity contribution in [3.05, 3.63) is 40.0 Å². The summed E-state index contributed by atoms with van der Waals surface area (Å²) in [4.78, 5) is 15.3. The van der Waals surface area contributed by atoms with Crippen LogP contribution in [0.4, 0.5) is 0 Å². The number of carboxylic acids is 1. The van der Waals surface area contributed by atoms with Crippen LogP contribution < -0.4 is 0 Å². The molecule has 0 aliphatic carbocycles. The van der Waals surface area contributed by atoms with Gasteiger partial charge in [-0.05, 0) is 37.6 Å².